The Morgan fingerprint density at radius 1 is 1.12 bits per heavy atom. The van der Waals surface area contributed by atoms with Crippen LogP contribution in [0.1, 0.15) is 36.8 Å². The highest BCUT2D eigenvalue weighted by atomic mass is 16.5. The van der Waals surface area contributed by atoms with E-state index in [1.165, 1.54) is 10.9 Å². The maximum Gasteiger partial charge on any atom is 0.261 e. The average Bonchev–Trinajstić information content (AvgIpc) is 2.84. The number of carbonyl (C=O) groups is 1. The quantitative estimate of drug-likeness (QED) is 0.549. The number of benzene rings is 2. The normalized spacial score (nSPS) is 16.1. The van der Waals surface area contributed by atoms with Crippen molar-refractivity contribution in [1.82, 2.24) is 14.5 Å². The fraction of sp³-hybridized carbons (Fsp3) is 0.423. The molecule has 0 aliphatic carbocycles. The van der Waals surface area contributed by atoms with Crippen LogP contribution in [0.2, 0.25) is 0 Å². The van der Waals surface area contributed by atoms with E-state index < -0.39 is 0 Å². The first-order valence-corrected chi connectivity index (χ1v) is 11.5. The lowest BCUT2D eigenvalue weighted by atomic mass is 9.95. The number of likely N-dealkylation sites (tertiary alicyclic amines) is 1. The molecular weight excluding hydrogens is 418 g/mol. The number of piperidine rings is 1. The van der Waals surface area contributed by atoms with Crippen LogP contribution in [0.4, 0.5) is 0 Å². The van der Waals surface area contributed by atoms with Crippen LogP contribution in [0.25, 0.3) is 10.9 Å². The first-order chi connectivity index (χ1) is 16.0. The Hall–Kier alpha value is -3.35. The molecule has 33 heavy (non-hydrogen) atoms. The number of carbonyl (C=O) groups excluding carboxylic acids is 1. The topological polar surface area (TPSA) is 73.7 Å². The van der Waals surface area contributed by atoms with E-state index in [-0.39, 0.29) is 24.1 Å². The van der Waals surface area contributed by atoms with Crippen molar-refractivity contribution < 1.29 is 14.3 Å². The van der Waals surface area contributed by atoms with Crippen molar-refractivity contribution in [1.29, 1.82) is 0 Å². The van der Waals surface area contributed by atoms with E-state index >= 15 is 0 Å². The predicted molar refractivity (Wildman–Crippen MR) is 128 cm³/mol. The number of ether oxygens (including phenoxy) is 2. The highest BCUT2D eigenvalue weighted by molar-refractivity contribution is 5.81. The van der Waals surface area contributed by atoms with Gasteiger partial charge < -0.3 is 14.4 Å². The molecule has 7 nitrogen and oxygen atoms in total. The molecule has 4 rings (SSSR count). The summed E-state index contributed by atoms with van der Waals surface area (Å²) >= 11 is 0. The second-order valence-corrected chi connectivity index (χ2v) is 8.61. The van der Waals surface area contributed by atoms with Crippen LogP contribution in [0.15, 0.2) is 47.5 Å². The minimum absolute atomic E-state index is 0.0164. The van der Waals surface area contributed by atoms with Crippen LogP contribution in [-0.2, 0) is 17.8 Å². The number of amides is 1. The number of hydrogen-bond donors (Lipinski definition) is 0. The van der Waals surface area contributed by atoms with E-state index in [0.717, 1.165) is 49.8 Å². The molecule has 0 radical (unpaired) electrons. The van der Waals surface area contributed by atoms with Crippen molar-refractivity contribution in [2.75, 3.05) is 20.8 Å². The van der Waals surface area contributed by atoms with Crippen LogP contribution in [0.3, 0.4) is 0 Å². The molecule has 1 amide bonds. The van der Waals surface area contributed by atoms with Gasteiger partial charge >= 0.3 is 0 Å². The van der Waals surface area contributed by atoms with E-state index in [1.54, 1.807) is 20.3 Å². The number of fused-ring (bicyclic) bond motifs is 1. The standard InChI is InChI=1S/C26H31N3O4/c1-18-7-6-9-21-25(18)27-17-28(26(21)31)16-24(30)29-14-5-4-8-20(29)12-10-19-11-13-22(32-2)23(15-19)33-3/h6-7,9,11,13,15,17,20H,4-5,8,10,12,14,16H2,1-3H3. The third-order valence-corrected chi connectivity index (χ3v) is 6.52. The maximum absolute atomic E-state index is 13.2. The molecule has 1 atom stereocenters. The Labute approximate surface area is 194 Å². The van der Waals surface area contributed by atoms with Gasteiger partial charge in [-0.15, -0.1) is 0 Å². The van der Waals surface area contributed by atoms with Gasteiger partial charge in [-0.05, 0) is 68.4 Å². The summed E-state index contributed by atoms with van der Waals surface area (Å²) in [6.07, 6.45) is 6.28. The van der Waals surface area contributed by atoms with Gasteiger partial charge in [-0.3, -0.25) is 14.2 Å². The monoisotopic (exact) mass is 449 g/mol. The van der Waals surface area contributed by atoms with Crippen molar-refractivity contribution in [2.24, 2.45) is 0 Å². The number of nitrogens with zero attached hydrogens (tertiary/aromatic N) is 3. The summed E-state index contributed by atoms with van der Waals surface area (Å²) < 4.78 is 12.2. The summed E-state index contributed by atoms with van der Waals surface area (Å²) in [6.45, 7) is 2.67. The Balaban J connectivity index is 1.47. The summed E-state index contributed by atoms with van der Waals surface area (Å²) in [4.78, 5) is 32.6. The summed E-state index contributed by atoms with van der Waals surface area (Å²) in [5, 5.41) is 0.550. The van der Waals surface area contributed by atoms with Gasteiger partial charge in [0.1, 0.15) is 6.54 Å². The Morgan fingerprint density at radius 3 is 2.73 bits per heavy atom. The van der Waals surface area contributed by atoms with Crippen LogP contribution in [0.5, 0.6) is 11.5 Å². The second-order valence-electron chi connectivity index (χ2n) is 8.61. The van der Waals surface area contributed by atoms with Gasteiger partial charge in [0.25, 0.3) is 5.56 Å². The Bertz CT molecular complexity index is 1200. The smallest absolute Gasteiger partial charge is 0.261 e. The molecule has 0 spiro atoms. The Kier molecular flexibility index (Phi) is 6.96. The number of para-hydroxylation sites is 1. The molecule has 0 N–H and O–H groups in total. The van der Waals surface area contributed by atoms with E-state index in [1.807, 2.05) is 42.2 Å². The third kappa shape index (κ3) is 4.87. The molecule has 1 unspecified atom stereocenters. The lowest BCUT2D eigenvalue weighted by molar-refractivity contribution is -0.135. The van der Waals surface area contributed by atoms with Gasteiger partial charge in [-0.1, -0.05) is 18.2 Å². The minimum Gasteiger partial charge on any atom is -0.493 e. The van der Waals surface area contributed by atoms with E-state index in [4.69, 9.17) is 9.47 Å². The molecule has 2 aromatic carbocycles. The average molecular weight is 450 g/mol. The molecule has 2 heterocycles. The molecule has 1 aromatic heterocycles. The van der Waals surface area contributed by atoms with Gasteiger partial charge in [-0.25, -0.2) is 4.98 Å². The minimum atomic E-state index is -0.170. The summed E-state index contributed by atoms with van der Waals surface area (Å²) in [6, 6.07) is 11.7. The van der Waals surface area contributed by atoms with Gasteiger partial charge in [0.15, 0.2) is 11.5 Å². The van der Waals surface area contributed by atoms with Crippen molar-refractivity contribution in [3.8, 4) is 11.5 Å². The lowest BCUT2D eigenvalue weighted by Gasteiger charge is -2.36. The molecule has 0 saturated carbocycles. The van der Waals surface area contributed by atoms with Crippen LogP contribution in [0, 0.1) is 6.92 Å². The first kappa shape index (κ1) is 22.8. The summed E-state index contributed by atoms with van der Waals surface area (Å²) in [5.74, 6) is 1.40. The number of aromatic nitrogens is 2. The predicted octanol–water partition coefficient (Wildman–Crippen LogP) is 3.74. The van der Waals surface area contributed by atoms with Crippen LogP contribution < -0.4 is 15.0 Å². The number of methoxy groups -OCH3 is 2. The highest BCUT2D eigenvalue weighted by Gasteiger charge is 2.27. The lowest BCUT2D eigenvalue weighted by Crippen LogP contribution is -2.46. The van der Waals surface area contributed by atoms with Crippen molar-refractivity contribution in [3.63, 3.8) is 0 Å². The van der Waals surface area contributed by atoms with E-state index in [2.05, 4.69) is 4.98 Å². The van der Waals surface area contributed by atoms with Gasteiger partial charge in [0.2, 0.25) is 5.91 Å². The first-order valence-electron chi connectivity index (χ1n) is 11.5. The largest absolute Gasteiger partial charge is 0.493 e. The molecule has 3 aromatic rings. The number of rotatable bonds is 7. The van der Waals surface area contributed by atoms with E-state index in [9.17, 15) is 9.59 Å². The molecule has 1 fully saturated rings. The Morgan fingerprint density at radius 2 is 1.94 bits per heavy atom. The van der Waals surface area contributed by atoms with Gasteiger partial charge in [-0.2, -0.15) is 0 Å². The molecule has 174 valence electrons. The van der Waals surface area contributed by atoms with Gasteiger partial charge in [0, 0.05) is 12.6 Å². The van der Waals surface area contributed by atoms with Crippen molar-refractivity contribution >= 4 is 16.8 Å². The highest BCUT2D eigenvalue weighted by Crippen LogP contribution is 2.29. The molecule has 7 heteroatoms. The zero-order chi connectivity index (χ0) is 23.4. The molecular formula is C26H31N3O4. The number of aryl methyl sites for hydroxylation is 2. The number of hydrogen-bond acceptors (Lipinski definition) is 5. The molecule has 1 saturated heterocycles. The second kappa shape index (κ2) is 10.1. The zero-order valence-electron chi connectivity index (χ0n) is 19.5. The summed E-state index contributed by atoms with van der Waals surface area (Å²) in [5.41, 5.74) is 2.62. The fourth-order valence-corrected chi connectivity index (χ4v) is 4.69. The van der Waals surface area contributed by atoms with Crippen molar-refractivity contribution in [3.05, 3.63) is 64.2 Å². The van der Waals surface area contributed by atoms with Crippen LogP contribution >= 0.6 is 0 Å². The SMILES string of the molecule is COc1ccc(CCC2CCCCN2C(=O)Cn2cnc3c(C)cccc3c2=O)cc1OC. The van der Waals surface area contributed by atoms with Crippen LogP contribution in [-0.4, -0.2) is 47.2 Å². The zero-order valence-corrected chi connectivity index (χ0v) is 19.5. The summed E-state index contributed by atoms with van der Waals surface area (Å²) in [7, 11) is 3.26. The van der Waals surface area contributed by atoms with Crippen molar-refractivity contribution in [2.45, 2.75) is 51.6 Å². The fourth-order valence-electron chi connectivity index (χ4n) is 4.69. The third-order valence-electron chi connectivity index (χ3n) is 6.52. The van der Waals surface area contributed by atoms with E-state index in [0.29, 0.717) is 22.4 Å². The molecule has 1 aliphatic rings. The maximum atomic E-state index is 13.2. The van der Waals surface area contributed by atoms with Gasteiger partial charge in [0.05, 0.1) is 31.4 Å². The molecule has 0 bridgehead atoms. The molecule has 1 aliphatic heterocycles.